The summed E-state index contributed by atoms with van der Waals surface area (Å²) < 4.78 is 0. The summed E-state index contributed by atoms with van der Waals surface area (Å²) in [6, 6.07) is 25.5. The maximum Gasteiger partial charge on any atom is 0.271 e. The van der Waals surface area contributed by atoms with Crippen LogP contribution in [0.25, 0.3) is 10.8 Å². The first-order chi connectivity index (χ1) is 16.0. The number of amides is 2. The van der Waals surface area contributed by atoms with Gasteiger partial charge in [0.25, 0.3) is 17.5 Å². The Hall–Kier alpha value is -4.85. The molecule has 0 aliphatic heterocycles. The molecule has 2 N–H and O–H groups in total. The summed E-state index contributed by atoms with van der Waals surface area (Å²) >= 11 is 0. The van der Waals surface area contributed by atoms with Crippen molar-refractivity contribution in [2.75, 3.05) is 5.32 Å². The SMILES string of the molecule is O=C(N/N=C/c1ccc2ccccc2c1)c1ccc(NC(=O)c2cccc([N+](=O)[O-])c2)cc1. The Morgan fingerprint density at radius 2 is 1.55 bits per heavy atom. The van der Waals surface area contributed by atoms with Crippen LogP contribution in [-0.2, 0) is 0 Å². The first kappa shape index (κ1) is 21.4. The summed E-state index contributed by atoms with van der Waals surface area (Å²) in [5.74, 6) is -0.889. The fourth-order valence-electron chi connectivity index (χ4n) is 3.19. The number of hydrazone groups is 1. The molecule has 4 rings (SSSR count). The quantitative estimate of drug-likeness (QED) is 0.256. The van der Waals surface area contributed by atoms with Crippen LogP contribution in [0.1, 0.15) is 26.3 Å². The third kappa shape index (κ3) is 5.26. The summed E-state index contributed by atoms with van der Waals surface area (Å²) in [6.07, 6.45) is 1.57. The lowest BCUT2D eigenvalue weighted by atomic mass is 10.1. The molecule has 4 aromatic carbocycles. The van der Waals surface area contributed by atoms with Crippen LogP contribution in [0, 0.1) is 10.1 Å². The van der Waals surface area contributed by atoms with E-state index >= 15 is 0 Å². The maximum atomic E-state index is 12.3. The molecule has 0 unspecified atom stereocenters. The third-order valence-electron chi connectivity index (χ3n) is 4.88. The van der Waals surface area contributed by atoms with Gasteiger partial charge in [-0.15, -0.1) is 0 Å². The number of nitro benzene ring substituents is 1. The van der Waals surface area contributed by atoms with Gasteiger partial charge in [-0.05, 0) is 52.7 Å². The van der Waals surface area contributed by atoms with Crippen LogP contribution in [-0.4, -0.2) is 23.0 Å². The molecule has 8 nitrogen and oxygen atoms in total. The van der Waals surface area contributed by atoms with E-state index in [9.17, 15) is 19.7 Å². The number of nitrogens with one attached hydrogen (secondary N) is 2. The minimum Gasteiger partial charge on any atom is -0.322 e. The molecule has 8 heteroatoms. The van der Waals surface area contributed by atoms with Gasteiger partial charge in [0, 0.05) is 28.9 Å². The van der Waals surface area contributed by atoms with Gasteiger partial charge >= 0.3 is 0 Å². The van der Waals surface area contributed by atoms with Crippen molar-refractivity contribution >= 4 is 40.2 Å². The molecule has 0 aliphatic carbocycles. The number of benzene rings is 4. The van der Waals surface area contributed by atoms with E-state index in [-0.39, 0.29) is 11.3 Å². The van der Waals surface area contributed by atoms with E-state index in [2.05, 4.69) is 15.8 Å². The first-order valence-electron chi connectivity index (χ1n) is 9.98. The predicted octanol–water partition coefficient (Wildman–Crippen LogP) is 4.76. The molecule has 0 radical (unpaired) electrons. The lowest BCUT2D eigenvalue weighted by molar-refractivity contribution is -0.384. The molecule has 162 valence electrons. The average Bonchev–Trinajstić information content (AvgIpc) is 2.84. The summed E-state index contributed by atoms with van der Waals surface area (Å²) in [5.41, 5.74) is 4.13. The molecular weight excluding hydrogens is 420 g/mol. The van der Waals surface area contributed by atoms with Gasteiger partial charge in [0.05, 0.1) is 11.1 Å². The fourth-order valence-corrected chi connectivity index (χ4v) is 3.19. The van der Waals surface area contributed by atoms with Crippen molar-refractivity contribution in [1.82, 2.24) is 5.43 Å². The zero-order valence-electron chi connectivity index (χ0n) is 17.3. The van der Waals surface area contributed by atoms with Crippen LogP contribution in [0.3, 0.4) is 0 Å². The van der Waals surface area contributed by atoms with E-state index in [0.717, 1.165) is 16.3 Å². The van der Waals surface area contributed by atoms with Gasteiger partial charge < -0.3 is 5.32 Å². The highest BCUT2D eigenvalue weighted by molar-refractivity contribution is 6.05. The molecule has 0 bridgehead atoms. The van der Waals surface area contributed by atoms with Gasteiger partial charge in [0.1, 0.15) is 0 Å². The molecule has 0 fully saturated rings. The van der Waals surface area contributed by atoms with E-state index in [4.69, 9.17) is 0 Å². The van der Waals surface area contributed by atoms with Crippen molar-refractivity contribution in [2.24, 2.45) is 5.10 Å². The number of hydrogen-bond acceptors (Lipinski definition) is 5. The zero-order chi connectivity index (χ0) is 23.2. The number of fused-ring (bicyclic) bond motifs is 1. The minimum absolute atomic E-state index is 0.161. The number of anilines is 1. The second-order valence-corrected chi connectivity index (χ2v) is 7.14. The molecule has 0 heterocycles. The van der Waals surface area contributed by atoms with Gasteiger partial charge in [-0.1, -0.05) is 42.5 Å². The Kier molecular flexibility index (Phi) is 6.17. The van der Waals surface area contributed by atoms with Crippen LogP contribution < -0.4 is 10.7 Å². The summed E-state index contributed by atoms with van der Waals surface area (Å²) in [4.78, 5) is 35.0. The molecule has 0 atom stereocenters. The lowest BCUT2D eigenvalue weighted by Crippen LogP contribution is -2.18. The number of carbonyl (C=O) groups is 2. The van der Waals surface area contributed by atoms with Crippen LogP contribution in [0.4, 0.5) is 11.4 Å². The standard InChI is InChI=1S/C25H18N4O4/c30-24(21-6-3-7-23(15-21)29(32)33)27-22-12-10-19(11-13-22)25(31)28-26-16-17-8-9-18-4-1-2-5-20(18)14-17/h1-16H,(H,27,30)(H,28,31)/b26-16+. The van der Waals surface area contributed by atoms with Gasteiger partial charge in [0.15, 0.2) is 0 Å². The van der Waals surface area contributed by atoms with E-state index < -0.39 is 16.7 Å². The number of nitrogens with zero attached hydrogens (tertiary/aromatic N) is 2. The number of non-ortho nitro benzene ring substituents is 1. The maximum absolute atomic E-state index is 12.3. The van der Waals surface area contributed by atoms with Crippen molar-refractivity contribution in [3.8, 4) is 0 Å². The molecular formula is C25H18N4O4. The van der Waals surface area contributed by atoms with E-state index in [1.807, 2.05) is 42.5 Å². The van der Waals surface area contributed by atoms with Crippen molar-refractivity contribution in [3.63, 3.8) is 0 Å². The highest BCUT2D eigenvalue weighted by Crippen LogP contribution is 2.16. The predicted molar refractivity (Wildman–Crippen MR) is 126 cm³/mol. The Balaban J connectivity index is 1.36. The molecule has 0 saturated carbocycles. The Morgan fingerprint density at radius 1 is 0.788 bits per heavy atom. The van der Waals surface area contributed by atoms with Crippen molar-refractivity contribution in [2.45, 2.75) is 0 Å². The summed E-state index contributed by atoms with van der Waals surface area (Å²) in [5, 5.41) is 19.7. The van der Waals surface area contributed by atoms with Gasteiger partial charge in [-0.25, -0.2) is 5.43 Å². The minimum atomic E-state index is -0.563. The van der Waals surface area contributed by atoms with Crippen molar-refractivity contribution in [1.29, 1.82) is 0 Å². The second kappa shape index (κ2) is 9.52. The van der Waals surface area contributed by atoms with E-state index in [1.165, 1.54) is 24.3 Å². The smallest absolute Gasteiger partial charge is 0.271 e. The molecule has 4 aromatic rings. The van der Waals surface area contributed by atoms with E-state index in [1.54, 1.807) is 30.5 Å². The topological polar surface area (TPSA) is 114 Å². The highest BCUT2D eigenvalue weighted by Gasteiger charge is 2.12. The average molecular weight is 438 g/mol. The molecule has 2 amide bonds. The molecule has 0 spiro atoms. The summed E-state index contributed by atoms with van der Waals surface area (Å²) in [7, 11) is 0. The van der Waals surface area contributed by atoms with Gasteiger partial charge in [-0.3, -0.25) is 19.7 Å². The lowest BCUT2D eigenvalue weighted by Gasteiger charge is -2.06. The van der Waals surface area contributed by atoms with E-state index in [0.29, 0.717) is 11.3 Å². The van der Waals surface area contributed by atoms with Crippen molar-refractivity contribution < 1.29 is 14.5 Å². The monoisotopic (exact) mass is 438 g/mol. The zero-order valence-corrected chi connectivity index (χ0v) is 17.3. The first-order valence-corrected chi connectivity index (χ1v) is 9.98. The number of rotatable bonds is 6. The molecule has 0 aromatic heterocycles. The highest BCUT2D eigenvalue weighted by atomic mass is 16.6. The normalized spacial score (nSPS) is 10.8. The third-order valence-corrected chi connectivity index (χ3v) is 4.88. The van der Waals surface area contributed by atoms with Gasteiger partial charge in [0.2, 0.25) is 0 Å². The summed E-state index contributed by atoms with van der Waals surface area (Å²) in [6.45, 7) is 0. The Labute approximate surface area is 188 Å². The second-order valence-electron chi connectivity index (χ2n) is 7.14. The van der Waals surface area contributed by atoms with Crippen LogP contribution in [0.5, 0.6) is 0 Å². The molecule has 33 heavy (non-hydrogen) atoms. The molecule has 0 saturated heterocycles. The molecule has 0 aliphatic rings. The van der Waals surface area contributed by atoms with Gasteiger partial charge in [-0.2, -0.15) is 5.10 Å². The fraction of sp³-hybridized carbons (Fsp3) is 0. The number of hydrogen-bond donors (Lipinski definition) is 2. The number of nitro groups is 1. The van der Waals surface area contributed by atoms with Crippen LogP contribution in [0.15, 0.2) is 96.1 Å². The Morgan fingerprint density at radius 3 is 2.30 bits per heavy atom. The Bertz CT molecular complexity index is 1380. The van der Waals surface area contributed by atoms with Crippen LogP contribution in [0.2, 0.25) is 0 Å². The van der Waals surface area contributed by atoms with Crippen LogP contribution >= 0.6 is 0 Å². The number of carbonyl (C=O) groups excluding carboxylic acids is 2. The largest absolute Gasteiger partial charge is 0.322 e. The van der Waals surface area contributed by atoms with Crippen molar-refractivity contribution in [3.05, 3.63) is 118 Å².